The first-order valence-electron chi connectivity index (χ1n) is 10.3. The molecule has 0 saturated heterocycles. The van der Waals surface area contributed by atoms with Gasteiger partial charge in [-0.1, -0.05) is 30.3 Å². The Bertz CT molecular complexity index is 1060. The molecule has 0 bridgehead atoms. The second kappa shape index (κ2) is 8.21. The first-order valence-corrected chi connectivity index (χ1v) is 10.3. The molecule has 162 valence electrons. The number of Topliss-reactive ketones (excluding diaryl/α,β-unsaturated/α-hetero) is 1. The lowest BCUT2D eigenvalue weighted by Crippen LogP contribution is -2.41. The Morgan fingerprint density at radius 3 is 2.48 bits per heavy atom. The number of benzene rings is 2. The Morgan fingerprint density at radius 1 is 1.03 bits per heavy atom. The molecular formula is C24H22F3NO3. The van der Waals surface area contributed by atoms with Crippen molar-refractivity contribution in [2.45, 2.75) is 44.7 Å². The fourth-order valence-corrected chi connectivity index (χ4v) is 4.50. The largest absolute Gasteiger partial charge is 0.494 e. The molecule has 31 heavy (non-hydrogen) atoms. The Balaban J connectivity index is 1.90. The van der Waals surface area contributed by atoms with Gasteiger partial charge in [0.2, 0.25) is 5.91 Å². The van der Waals surface area contributed by atoms with E-state index in [0.717, 1.165) is 11.0 Å². The summed E-state index contributed by atoms with van der Waals surface area (Å²) in [4.78, 5) is 27.4. The SMILES string of the molecule is CCOc1ccccc1C1CC(=O)N(c2ccccc2C(F)(F)F)C2=C1C(=O)CCC2. The van der Waals surface area contributed by atoms with Gasteiger partial charge in [-0.05, 0) is 38.0 Å². The highest BCUT2D eigenvalue weighted by atomic mass is 19.4. The Morgan fingerprint density at radius 2 is 1.74 bits per heavy atom. The normalized spacial score (nSPS) is 19.5. The van der Waals surface area contributed by atoms with Crippen molar-refractivity contribution in [2.75, 3.05) is 11.5 Å². The minimum Gasteiger partial charge on any atom is -0.494 e. The van der Waals surface area contributed by atoms with Gasteiger partial charge >= 0.3 is 6.18 Å². The molecule has 0 radical (unpaired) electrons. The zero-order valence-electron chi connectivity index (χ0n) is 17.0. The van der Waals surface area contributed by atoms with Crippen LogP contribution in [0.5, 0.6) is 5.75 Å². The quantitative estimate of drug-likeness (QED) is 0.633. The van der Waals surface area contributed by atoms with Crippen LogP contribution in [0.4, 0.5) is 18.9 Å². The number of amides is 1. The maximum atomic E-state index is 13.7. The molecule has 1 atom stereocenters. The van der Waals surface area contributed by atoms with Crippen molar-refractivity contribution >= 4 is 17.4 Å². The fourth-order valence-electron chi connectivity index (χ4n) is 4.50. The summed E-state index contributed by atoms with van der Waals surface area (Å²) in [6, 6.07) is 12.2. The fraction of sp³-hybridized carbons (Fsp3) is 0.333. The zero-order chi connectivity index (χ0) is 22.2. The number of hydrogen-bond acceptors (Lipinski definition) is 3. The van der Waals surface area contributed by atoms with Crippen molar-refractivity contribution in [3.8, 4) is 5.75 Å². The van der Waals surface area contributed by atoms with E-state index >= 15 is 0 Å². The lowest BCUT2D eigenvalue weighted by molar-refractivity contribution is -0.137. The van der Waals surface area contributed by atoms with E-state index in [1.54, 1.807) is 12.1 Å². The molecule has 2 aromatic carbocycles. The van der Waals surface area contributed by atoms with Crippen LogP contribution in [0.2, 0.25) is 0 Å². The van der Waals surface area contributed by atoms with Crippen LogP contribution in [0.3, 0.4) is 0 Å². The third-order valence-electron chi connectivity index (χ3n) is 5.72. The van der Waals surface area contributed by atoms with E-state index in [1.165, 1.54) is 18.2 Å². The molecule has 2 aromatic rings. The average molecular weight is 429 g/mol. The number of hydrogen-bond donors (Lipinski definition) is 0. The first kappa shape index (κ1) is 21.2. The van der Waals surface area contributed by atoms with Gasteiger partial charge in [0.25, 0.3) is 0 Å². The minimum absolute atomic E-state index is 0.0964. The molecule has 1 aliphatic heterocycles. The second-order valence-corrected chi connectivity index (χ2v) is 7.61. The van der Waals surface area contributed by atoms with Crippen LogP contribution in [-0.4, -0.2) is 18.3 Å². The topological polar surface area (TPSA) is 46.6 Å². The van der Waals surface area contributed by atoms with Crippen molar-refractivity contribution in [3.63, 3.8) is 0 Å². The molecule has 0 N–H and O–H groups in total. The van der Waals surface area contributed by atoms with Crippen molar-refractivity contribution in [1.29, 1.82) is 0 Å². The lowest BCUT2D eigenvalue weighted by atomic mass is 9.76. The summed E-state index contributed by atoms with van der Waals surface area (Å²) in [5.41, 5.74) is 0.403. The van der Waals surface area contributed by atoms with Crippen LogP contribution < -0.4 is 9.64 Å². The smallest absolute Gasteiger partial charge is 0.418 e. The van der Waals surface area contributed by atoms with Gasteiger partial charge in [0, 0.05) is 35.6 Å². The van der Waals surface area contributed by atoms with Crippen LogP contribution >= 0.6 is 0 Å². The van der Waals surface area contributed by atoms with Crippen molar-refractivity contribution in [1.82, 2.24) is 0 Å². The standard InChI is InChI=1S/C24H22F3NO3/c1-2-31-21-13-6-3-8-15(21)16-14-22(30)28(19-11-7-12-20(29)23(16)19)18-10-5-4-9-17(18)24(25,26)27/h3-6,8-10,13,16H,2,7,11-12,14H2,1H3. The summed E-state index contributed by atoms with van der Waals surface area (Å²) in [5.74, 6) is -0.537. The van der Waals surface area contributed by atoms with E-state index in [4.69, 9.17) is 4.74 Å². The Hall–Kier alpha value is -3.09. The highest BCUT2D eigenvalue weighted by Gasteiger charge is 2.43. The molecule has 0 saturated carbocycles. The average Bonchev–Trinajstić information content (AvgIpc) is 2.73. The number of para-hydroxylation sites is 2. The third kappa shape index (κ3) is 3.84. The van der Waals surface area contributed by atoms with Crippen LogP contribution in [0.1, 0.15) is 49.7 Å². The number of alkyl halides is 3. The van der Waals surface area contributed by atoms with Crippen molar-refractivity contribution < 1.29 is 27.5 Å². The van der Waals surface area contributed by atoms with Crippen molar-refractivity contribution in [2.24, 2.45) is 0 Å². The van der Waals surface area contributed by atoms with Gasteiger partial charge < -0.3 is 4.74 Å². The molecule has 4 nitrogen and oxygen atoms in total. The molecule has 2 aliphatic rings. The number of halogens is 3. The number of carbonyl (C=O) groups is 2. The van der Waals surface area contributed by atoms with Crippen molar-refractivity contribution in [3.05, 3.63) is 70.9 Å². The molecule has 0 aromatic heterocycles. The highest BCUT2D eigenvalue weighted by molar-refractivity contribution is 6.08. The molecule has 4 rings (SSSR count). The van der Waals surface area contributed by atoms with Gasteiger partial charge in [-0.25, -0.2) is 0 Å². The summed E-state index contributed by atoms with van der Waals surface area (Å²) in [6.07, 6.45) is -3.54. The van der Waals surface area contributed by atoms with Crippen LogP contribution in [-0.2, 0) is 15.8 Å². The maximum Gasteiger partial charge on any atom is 0.418 e. The van der Waals surface area contributed by atoms with Crippen LogP contribution in [0.25, 0.3) is 0 Å². The van der Waals surface area contributed by atoms with Gasteiger partial charge in [0.05, 0.1) is 17.9 Å². The van der Waals surface area contributed by atoms with E-state index in [1.807, 2.05) is 19.1 Å². The molecule has 1 unspecified atom stereocenters. The minimum atomic E-state index is -4.62. The number of allylic oxidation sites excluding steroid dienone is 2. The summed E-state index contributed by atoms with van der Waals surface area (Å²) >= 11 is 0. The number of ether oxygens (including phenoxy) is 1. The third-order valence-corrected chi connectivity index (χ3v) is 5.72. The molecule has 1 aliphatic carbocycles. The maximum absolute atomic E-state index is 13.7. The summed E-state index contributed by atoms with van der Waals surface area (Å²) < 4.78 is 46.7. The zero-order valence-corrected chi connectivity index (χ0v) is 17.0. The Labute approximate surface area is 178 Å². The van der Waals surface area contributed by atoms with E-state index in [-0.39, 0.29) is 17.9 Å². The van der Waals surface area contributed by atoms with E-state index in [2.05, 4.69) is 0 Å². The number of rotatable bonds is 4. The van der Waals surface area contributed by atoms with Gasteiger partial charge in [0.1, 0.15) is 5.75 Å². The monoisotopic (exact) mass is 429 g/mol. The van der Waals surface area contributed by atoms with E-state index in [0.29, 0.717) is 48.5 Å². The van der Waals surface area contributed by atoms with Gasteiger partial charge in [0.15, 0.2) is 5.78 Å². The number of nitrogens with zero attached hydrogens (tertiary/aromatic N) is 1. The number of carbonyl (C=O) groups excluding carboxylic acids is 2. The lowest BCUT2D eigenvalue weighted by Gasteiger charge is -2.39. The molecule has 0 spiro atoms. The molecule has 1 heterocycles. The van der Waals surface area contributed by atoms with Gasteiger partial charge in [-0.2, -0.15) is 13.2 Å². The van der Waals surface area contributed by atoms with E-state index < -0.39 is 23.6 Å². The molecule has 1 amide bonds. The predicted octanol–water partition coefficient (Wildman–Crippen LogP) is 5.63. The molecule has 7 heteroatoms. The number of ketones is 1. The highest BCUT2D eigenvalue weighted by Crippen LogP contribution is 2.47. The molecular weight excluding hydrogens is 407 g/mol. The van der Waals surface area contributed by atoms with Gasteiger partial charge in [-0.15, -0.1) is 0 Å². The second-order valence-electron chi connectivity index (χ2n) is 7.61. The van der Waals surface area contributed by atoms with Crippen LogP contribution in [0.15, 0.2) is 59.8 Å². The molecule has 0 fully saturated rings. The summed E-state index contributed by atoms with van der Waals surface area (Å²) in [7, 11) is 0. The first-order chi connectivity index (χ1) is 14.8. The predicted molar refractivity (Wildman–Crippen MR) is 110 cm³/mol. The van der Waals surface area contributed by atoms with Crippen LogP contribution in [0, 0.1) is 0 Å². The van der Waals surface area contributed by atoms with Gasteiger partial charge in [-0.3, -0.25) is 14.5 Å². The number of anilines is 1. The van der Waals surface area contributed by atoms with E-state index in [9.17, 15) is 22.8 Å². The summed E-state index contributed by atoms with van der Waals surface area (Å²) in [6.45, 7) is 2.26. The summed E-state index contributed by atoms with van der Waals surface area (Å²) in [5, 5.41) is 0. The Kier molecular flexibility index (Phi) is 5.60.